The molecule has 1 spiro atoms. The predicted molar refractivity (Wildman–Crippen MR) is 105 cm³/mol. The average Bonchev–Trinajstić information content (AvgIpc) is 2.72. The largest absolute Gasteiger partial charge is 0.349 e. The first-order valence-electron chi connectivity index (χ1n) is 9.94. The zero-order chi connectivity index (χ0) is 21.5. The summed E-state index contributed by atoms with van der Waals surface area (Å²) in [6.07, 6.45) is 2.29. The summed E-state index contributed by atoms with van der Waals surface area (Å²) in [4.78, 5) is 31.6. The lowest BCUT2D eigenvalue weighted by atomic mass is 9.82. The quantitative estimate of drug-likeness (QED) is 0.747. The molecule has 2 aromatic rings. The molecule has 4 rings (SSSR count). The topological polar surface area (TPSA) is 69.6 Å². The van der Waals surface area contributed by atoms with Crippen LogP contribution in [0.2, 0.25) is 0 Å². The van der Waals surface area contributed by atoms with Gasteiger partial charge in [0.05, 0.1) is 13.1 Å². The van der Waals surface area contributed by atoms with Crippen molar-refractivity contribution in [3.63, 3.8) is 0 Å². The van der Waals surface area contributed by atoms with E-state index in [9.17, 15) is 18.4 Å². The Bertz CT molecular complexity index is 965. The Hall–Kier alpha value is -3.10. The molecule has 2 saturated heterocycles. The minimum Gasteiger partial charge on any atom is -0.349 e. The van der Waals surface area contributed by atoms with Gasteiger partial charge in [0.15, 0.2) is 23.0 Å². The Labute approximate surface area is 173 Å². The minimum atomic E-state index is -1.07. The molecule has 1 aromatic carbocycles. The molecule has 0 aliphatic carbocycles. The van der Waals surface area contributed by atoms with Crippen molar-refractivity contribution in [1.29, 1.82) is 0 Å². The zero-order valence-electron chi connectivity index (χ0n) is 16.9. The monoisotopic (exact) mass is 415 g/mol. The van der Waals surface area contributed by atoms with Gasteiger partial charge >= 0.3 is 0 Å². The van der Waals surface area contributed by atoms with Crippen molar-refractivity contribution >= 4 is 17.6 Å². The SMILES string of the molecule is CCC(C)N1CC(=O)N(Cc2ccc(F)c(F)c2)C2(CN(c3cccnn3)C2)C1=O. The minimum absolute atomic E-state index is 0.0234. The summed E-state index contributed by atoms with van der Waals surface area (Å²) >= 11 is 0. The molecule has 2 aliphatic rings. The first-order chi connectivity index (χ1) is 14.4. The summed E-state index contributed by atoms with van der Waals surface area (Å²) in [5.74, 6) is -1.64. The highest BCUT2D eigenvalue weighted by Gasteiger charge is 2.60. The number of hydrogen-bond donors (Lipinski definition) is 0. The fourth-order valence-electron chi connectivity index (χ4n) is 4.08. The van der Waals surface area contributed by atoms with Gasteiger partial charge in [0.25, 0.3) is 5.91 Å². The second kappa shape index (κ2) is 7.62. The molecule has 2 fully saturated rings. The van der Waals surface area contributed by atoms with Crippen LogP contribution in [-0.2, 0) is 16.1 Å². The van der Waals surface area contributed by atoms with Gasteiger partial charge in [-0.15, -0.1) is 5.10 Å². The van der Waals surface area contributed by atoms with Crippen molar-refractivity contribution in [1.82, 2.24) is 20.0 Å². The van der Waals surface area contributed by atoms with Gasteiger partial charge in [-0.3, -0.25) is 9.59 Å². The van der Waals surface area contributed by atoms with Crippen molar-refractivity contribution < 1.29 is 18.4 Å². The van der Waals surface area contributed by atoms with Gasteiger partial charge in [-0.05, 0) is 43.2 Å². The fraction of sp³-hybridized carbons (Fsp3) is 0.429. The summed E-state index contributed by atoms with van der Waals surface area (Å²) < 4.78 is 27.0. The van der Waals surface area contributed by atoms with Gasteiger partial charge < -0.3 is 14.7 Å². The maximum absolute atomic E-state index is 13.7. The van der Waals surface area contributed by atoms with Crippen LogP contribution < -0.4 is 4.90 Å². The van der Waals surface area contributed by atoms with Crippen LogP contribution in [0.3, 0.4) is 0 Å². The highest BCUT2D eigenvalue weighted by atomic mass is 19.2. The molecule has 0 bridgehead atoms. The summed E-state index contributed by atoms with van der Waals surface area (Å²) in [6.45, 7) is 4.44. The lowest BCUT2D eigenvalue weighted by Gasteiger charge is -2.59. The van der Waals surface area contributed by atoms with Crippen molar-refractivity contribution in [2.24, 2.45) is 0 Å². The highest BCUT2D eigenvalue weighted by Crippen LogP contribution is 2.37. The van der Waals surface area contributed by atoms with E-state index in [4.69, 9.17) is 0 Å². The Kier molecular flexibility index (Phi) is 5.13. The second-order valence-corrected chi connectivity index (χ2v) is 7.89. The number of hydrogen-bond acceptors (Lipinski definition) is 5. The van der Waals surface area contributed by atoms with E-state index in [0.29, 0.717) is 11.4 Å². The van der Waals surface area contributed by atoms with Crippen molar-refractivity contribution in [2.75, 3.05) is 24.5 Å². The van der Waals surface area contributed by atoms with Gasteiger partial charge in [0.2, 0.25) is 5.91 Å². The van der Waals surface area contributed by atoms with E-state index >= 15 is 0 Å². The van der Waals surface area contributed by atoms with Gasteiger partial charge in [-0.2, -0.15) is 5.10 Å². The standard InChI is InChI=1S/C21H23F2N5O2/c1-3-14(2)27-11-19(29)28(10-15-6-7-16(22)17(23)9-15)21(20(27)30)12-26(13-21)18-5-4-8-24-25-18/h4-9,14H,3,10-13H2,1-2H3. The molecule has 1 unspecified atom stereocenters. The highest BCUT2D eigenvalue weighted by molar-refractivity contribution is 6.00. The molecule has 0 N–H and O–H groups in total. The maximum atomic E-state index is 13.7. The molecule has 2 amide bonds. The Morgan fingerprint density at radius 3 is 2.57 bits per heavy atom. The maximum Gasteiger partial charge on any atom is 0.252 e. The van der Waals surface area contributed by atoms with E-state index < -0.39 is 17.2 Å². The van der Waals surface area contributed by atoms with Crippen LogP contribution in [-0.4, -0.2) is 63.0 Å². The normalized spacial score (nSPS) is 19.3. The van der Waals surface area contributed by atoms with Crippen molar-refractivity contribution in [3.05, 3.63) is 53.7 Å². The van der Waals surface area contributed by atoms with Crippen molar-refractivity contribution in [3.8, 4) is 0 Å². The third-order valence-corrected chi connectivity index (χ3v) is 6.02. The smallest absolute Gasteiger partial charge is 0.252 e. The number of carbonyl (C=O) groups excluding carboxylic acids is 2. The second-order valence-electron chi connectivity index (χ2n) is 7.89. The molecular formula is C21H23F2N5O2. The molecule has 158 valence electrons. The number of benzene rings is 1. The van der Waals surface area contributed by atoms with Crippen molar-refractivity contribution in [2.45, 2.75) is 38.4 Å². The van der Waals surface area contributed by atoms with Crippen LogP contribution in [0, 0.1) is 11.6 Å². The molecule has 30 heavy (non-hydrogen) atoms. The Morgan fingerprint density at radius 2 is 1.93 bits per heavy atom. The number of piperazine rings is 1. The van der Waals surface area contributed by atoms with Crippen LogP contribution in [0.5, 0.6) is 0 Å². The molecule has 0 saturated carbocycles. The lowest BCUT2D eigenvalue weighted by Crippen LogP contribution is -2.81. The summed E-state index contributed by atoms with van der Waals surface area (Å²) in [5.41, 5.74) is -0.634. The van der Waals surface area contributed by atoms with Gasteiger partial charge in [-0.1, -0.05) is 13.0 Å². The van der Waals surface area contributed by atoms with Crippen LogP contribution in [0.1, 0.15) is 25.8 Å². The van der Waals surface area contributed by atoms with Crippen LogP contribution in [0.25, 0.3) is 0 Å². The van der Waals surface area contributed by atoms with E-state index in [-0.39, 0.29) is 44.0 Å². The number of nitrogens with zero attached hydrogens (tertiary/aromatic N) is 5. The fourth-order valence-corrected chi connectivity index (χ4v) is 4.08. The molecule has 3 heterocycles. The van der Waals surface area contributed by atoms with E-state index in [0.717, 1.165) is 18.6 Å². The summed E-state index contributed by atoms with van der Waals surface area (Å²) in [7, 11) is 0. The van der Waals surface area contributed by atoms with E-state index in [1.165, 1.54) is 11.0 Å². The predicted octanol–water partition coefficient (Wildman–Crippen LogP) is 1.98. The number of carbonyl (C=O) groups is 2. The van der Waals surface area contributed by atoms with Gasteiger partial charge in [0.1, 0.15) is 6.54 Å². The van der Waals surface area contributed by atoms with E-state index in [1.54, 1.807) is 23.2 Å². The Morgan fingerprint density at radius 1 is 1.17 bits per heavy atom. The van der Waals surface area contributed by atoms with Crippen LogP contribution in [0.15, 0.2) is 36.5 Å². The van der Waals surface area contributed by atoms with Crippen LogP contribution >= 0.6 is 0 Å². The first kappa shape index (κ1) is 20.2. The third kappa shape index (κ3) is 3.28. The number of anilines is 1. The molecule has 1 atom stereocenters. The summed E-state index contributed by atoms with van der Waals surface area (Å²) in [6, 6.07) is 7.01. The molecule has 7 nitrogen and oxygen atoms in total. The van der Waals surface area contributed by atoms with E-state index in [1.807, 2.05) is 18.7 Å². The average molecular weight is 415 g/mol. The molecule has 2 aliphatic heterocycles. The molecular weight excluding hydrogens is 392 g/mol. The number of aromatic nitrogens is 2. The van der Waals surface area contributed by atoms with Gasteiger partial charge in [0, 0.05) is 18.8 Å². The van der Waals surface area contributed by atoms with Gasteiger partial charge in [-0.25, -0.2) is 8.78 Å². The summed E-state index contributed by atoms with van der Waals surface area (Å²) in [5, 5.41) is 7.95. The molecule has 0 radical (unpaired) electrons. The zero-order valence-corrected chi connectivity index (χ0v) is 16.9. The molecule has 1 aromatic heterocycles. The third-order valence-electron chi connectivity index (χ3n) is 6.02. The Balaban J connectivity index is 1.65. The van der Waals surface area contributed by atoms with Crippen LogP contribution in [0.4, 0.5) is 14.6 Å². The first-order valence-corrected chi connectivity index (χ1v) is 9.94. The molecule has 9 heteroatoms. The van der Waals surface area contributed by atoms with E-state index in [2.05, 4.69) is 10.2 Å². The number of halogens is 2. The number of rotatable bonds is 5. The number of amides is 2. The lowest BCUT2D eigenvalue weighted by molar-refractivity contribution is -0.170.